The van der Waals surface area contributed by atoms with Gasteiger partial charge in [-0.3, -0.25) is 4.79 Å². The zero-order valence-corrected chi connectivity index (χ0v) is 19.3. The van der Waals surface area contributed by atoms with Crippen LogP contribution in [0.25, 0.3) is 0 Å². The standard InChI is InChI=1S/C24H29N3O3S/c1-5-30-23(29)21-16(4)26-24-27(22(21)19-10-14(2)6-7-15(19)3)18(13-31-24)11-20(28)25-12-17-8-9-17/h6-7,10,13,17,22H,5,8-9,11-12H2,1-4H3,(H,25,28)/t22-/m1/s1. The quantitative estimate of drug-likeness (QED) is 0.639. The molecule has 1 amide bonds. The summed E-state index contributed by atoms with van der Waals surface area (Å²) in [5, 5.41) is 5.82. The van der Waals surface area contributed by atoms with Crippen LogP contribution in [0.2, 0.25) is 0 Å². The fourth-order valence-electron chi connectivity index (χ4n) is 4.00. The Bertz CT molecular complexity index is 1010. The first kappa shape index (κ1) is 21.7. The maximum atomic E-state index is 13.0. The number of rotatable bonds is 7. The van der Waals surface area contributed by atoms with Crippen LogP contribution in [0.1, 0.15) is 55.8 Å². The number of amidine groups is 1. The predicted octanol–water partition coefficient (Wildman–Crippen LogP) is 4.36. The monoisotopic (exact) mass is 439 g/mol. The van der Waals surface area contributed by atoms with E-state index in [0.29, 0.717) is 23.8 Å². The van der Waals surface area contributed by atoms with E-state index in [-0.39, 0.29) is 24.3 Å². The van der Waals surface area contributed by atoms with Gasteiger partial charge in [0.25, 0.3) is 0 Å². The van der Waals surface area contributed by atoms with Crippen LogP contribution in [-0.4, -0.2) is 35.1 Å². The van der Waals surface area contributed by atoms with Gasteiger partial charge in [-0.1, -0.05) is 35.5 Å². The molecule has 0 spiro atoms. The Hall–Kier alpha value is -2.54. The van der Waals surface area contributed by atoms with E-state index in [9.17, 15) is 9.59 Å². The smallest absolute Gasteiger partial charge is 0.338 e. The van der Waals surface area contributed by atoms with Crippen molar-refractivity contribution in [3.63, 3.8) is 0 Å². The number of hydrogen-bond donors (Lipinski definition) is 1. The maximum absolute atomic E-state index is 13.0. The molecule has 164 valence electrons. The number of thioether (sulfide) groups is 1. The van der Waals surface area contributed by atoms with Crippen molar-refractivity contribution >= 4 is 28.8 Å². The van der Waals surface area contributed by atoms with E-state index < -0.39 is 0 Å². The average molecular weight is 440 g/mol. The number of hydrogen-bond acceptors (Lipinski definition) is 6. The van der Waals surface area contributed by atoms with Gasteiger partial charge >= 0.3 is 5.97 Å². The van der Waals surface area contributed by atoms with Crippen LogP contribution in [0.4, 0.5) is 0 Å². The van der Waals surface area contributed by atoms with E-state index >= 15 is 0 Å². The van der Waals surface area contributed by atoms with Crippen LogP contribution in [-0.2, 0) is 14.3 Å². The highest BCUT2D eigenvalue weighted by atomic mass is 32.2. The van der Waals surface area contributed by atoms with E-state index in [1.807, 2.05) is 31.1 Å². The molecule has 0 aromatic heterocycles. The molecule has 1 aromatic rings. The summed E-state index contributed by atoms with van der Waals surface area (Å²) in [7, 11) is 0. The van der Waals surface area contributed by atoms with Crippen LogP contribution < -0.4 is 5.32 Å². The number of fused-ring (bicyclic) bond motifs is 1. The van der Waals surface area contributed by atoms with Gasteiger partial charge in [-0.15, -0.1) is 0 Å². The minimum absolute atomic E-state index is 0.00340. The van der Waals surface area contributed by atoms with Gasteiger partial charge < -0.3 is 15.0 Å². The number of nitrogens with zero attached hydrogens (tertiary/aromatic N) is 2. The minimum Gasteiger partial charge on any atom is -0.463 e. The van der Waals surface area contributed by atoms with Gasteiger partial charge in [0.15, 0.2) is 5.17 Å². The lowest BCUT2D eigenvalue weighted by Gasteiger charge is -2.37. The Morgan fingerprint density at radius 3 is 2.74 bits per heavy atom. The van der Waals surface area contributed by atoms with Crippen LogP contribution in [0.15, 0.2) is 45.6 Å². The number of ether oxygens (including phenoxy) is 1. The molecule has 7 heteroatoms. The number of nitrogens with one attached hydrogen (secondary N) is 1. The van der Waals surface area contributed by atoms with Gasteiger partial charge in [0.05, 0.1) is 30.3 Å². The van der Waals surface area contributed by atoms with Gasteiger partial charge in [-0.25, -0.2) is 9.79 Å². The van der Waals surface area contributed by atoms with Crippen molar-refractivity contribution in [1.82, 2.24) is 10.2 Å². The van der Waals surface area contributed by atoms with E-state index in [2.05, 4.69) is 23.5 Å². The molecule has 1 aliphatic carbocycles. The maximum Gasteiger partial charge on any atom is 0.338 e. The Kier molecular flexibility index (Phi) is 6.23. The number of allylic oxidation sites excluding steroid dienone is 1. The Morgan fingerprint density at radius 1 is 1.26 bits per heavy atom. The minimum atomic E-state index is -0.371. The van der Waals surface area contributed by atoms with Gasteiger partial charge in [0.1, 0.15) is 0 Å². The van der Waals surface area contributed by atoms with E-state index in [1.54, 1.807) is 6.92 Å². The fourth-order valence-corrected chi connectivity index (χ4v) is 4.96. The van der Waals surface area contributed by atoms with E-state index in [4.69, 9.17) is 9.73 Å². The molecule has 31 heavy (non-hydrogen) atoms. The molecule has 1 aromatic carbocycles. The number of benzene rings is 1. The molecule has 0 bridgehead atoms. The summed E-state index contributed by atoms with van der Waals surface area (Å²) >= 11 is 1.50. The Morgan fingerprint density at radius 2 is 2.03 bits per heavy atom. The van der Waals surface area contributed by atoms with E-state index in [1.165, 1.54) is 24.6 Å². The third-order valence-corrected chi connectivity index (χ3v) is 6.74. The summed E-state index contributed by atoms with van der Waals surface area (Å²) in [6.45, 7) is 8.80. The van der Waals surface area contributed by atoms with Crippen molar-refractivity contribution in [2.45, 2.75) is 53.0 Å². The molecule has 4 rings (SSSR count). The summed E-state index contributed by atoms with van der Waals surface area (Å²) < 4.78 is 5.41. The average Bonchev–Trinajstić information content (AvgIpc) is 3.48. The van der Waals surface area contributed by atoms with Crippen molar-refractivity contribution in [2.24, 2.45) is 10.9 Å². The molecular formula is C24H29N3O3S. The molecule has 1 fully saturated rings. The summed E-state index contributed by atoms with van der Waals surface area (Å²) in [5.41, 5.74) is 5.28. The van der Waals surface area contributed by atoms with Crippen molar-refractivity contribution in [3.8, 4) is 0 Å². The number of amides is 1. The number of esters is 1. The lowest BCUT2D eigenvalue weighted by Crippen LogP contribution is -2.38. The normalized spacial score (nSPS) is 20.3. The first-order valence-electron chi connectivity index (χ1n) is 10.8. The third-order valence-electron chi connectivity index (χ3n) is 5.85. The first-order chi connectivity index (χ1) is 14.9. The lowest BCUT2D eigenvalue weighted by atomic mass is 9.90. The highest BCUT2D eigenvalue weighted by Crippen LogP contribution is 2.45. The zero-order chi connectivity index (χ0) is 22.1. The summed E-state index contributed by atoms with van der Waals surface area (Å²) in [6.07, 6.45) is 2.65. The fraction of sp³-hybridized carbons (Fsp3) is 0.458. The molecule has 0 radical (unpaired) electrons. The van der Waals surface area contributed by atoms with Gasteiger partial charge in [-0.2, -0.15) is 0 Å². The van der Waals surface area contributed by atoms with Gasteiger partial charge in [0, 0.05) is 12.2 Å². The van der Waals surface area contributed by atoms with Crippen molar-refractivity contribution in [1.29, 1.82) is 0 Å². The van der Waals surface area contributed by atoms with Crippen molar-refractivity contribution in [2.75, 3.05) is 13.2 Å². The van der Waals surface area contributed by atoms with Crippen molar-refractivity contribution in [3.05, 3.63) is 57.3 Å². The molecule has 6 nitrogen and oxygen atoms in total. The number of aryl methyl sites for hydroxylation is 2. The summed E-state index contributed by atoms with van der Waals surface area (Å²) in [4.78, 5) is 32.4. The van der Waals surface area contributed by atoms with Crippen LogP contribution in [0, 0.1) is 19.8 Å². The molecule has 0 saturated heterocycles. The van der Waals surface area contributed by atoms with E-state index in [0.717, 1.165) is 34.1 Å². The van der Waals surface area contributed by atoms with Crippen LogP contribution in [0.3, 0.4) is 0 Å². The third kappa shape index (κ3) is 4.56. The predicted molar refractivity (Wildman–Crippen MR) is 123 cm³/mol. The highest BCUT2D eigenvalue weighted by Gasteiger charge is 2.41. The van der Waals surface area contributed by atoms with Gasteiger partial charge in [-0.05, 0) is 63.0 Å². The van der Waals surface area contributed by atoms with Crippen LogP contribution in [0.5, 0.6) is 0 Å². The van der Waals surface area contributed by atoms with Crippen molar-refractivity contribution < 1.29 is 14.3 Å². The Balaban J connectivity index is 1.70. The topological polar surface area (TPSA) is 71.0 Å². The molecule has 1 saturated carbocycles. The molecule has 2 aliphatic heterocycles. The number of aliphatic imine (C=N–C) groups is 1. The number of carbonyl (C=O) groups excluding carboxylic acids is 2. The molecule has 2 heterocycles. The molecule has 1 N–H and O–H groups in total. The zero-order valence-electron chi connectivity index (χ0n) is 18.5. The second-order valence-electron chi connectivity index (χ2n) is 8.40. The molecule has 1 atom stereocenters. The molecular weight excluding hydrogens is 410 g/mol. The largest absolute Gasteiger partial charge is 0.463 e. The summed E-state index contributed by atoms with van der Waals surface area (Å²) in [5.74, 6) is 0.276. The Labute approximate surface area is 187 Å². The SMILES string of the molecule is CCOC(=O)C1=C(C)N=C2SC=C(CC(=O)NCC3CC3)N2[C@@H]1c1cc(C)ccc1C. The second-order valence-corrected chi connectivity index (χ2v) is 9.23. The van der Waals surface area contributed by atoms with Crippen LogP contribution >= 0.6 is 11.8 Å². The molecule has 0 unspecified atom stereocenters. The molecule has 3 aliphatic rings. The number of carbonyl (C=O) groups is 2. The highest BCUT2D eigenvalue weighted by molar-refractivity contribution is 8.16. The first-order valence-corrected chi connectivity index (χ1v) is 11.7. The van der Waals surface area contributed by atoms with Gasteiger partial charge in [0.2, 0.25) is 5.91 Å². The summed E-state index contributed by atoms with van der Waals surface area (Å²) in [6, 6.07) is 5.88. The second kappa shape index (κ2) is 8.91. The lowest BCUT2D eigenvalue weighted by molar-refractivity contribution is -0.139.